The zero-order valence-electron chi connectivity index (χ0n) is 10.9. The van der Waals surface area contributed by atoms with Crippen LogP contribution in [-0.4, -0.2) is 12.5 Å². The van der Waals surface area contributed by atoms with Crippen LogP contribution in [-0.2, 0) is 17.4 Å². The van der Waals surface area contributed by atoms with Gasteiger partial charge in [-0.25, -0.2) is 0 Å². The molecule has 2 nitrogen and oxygen atoms in total. The van der Waals surface area contributed by atoms with Crippen molar-refractivity contribution in [2.45, 2.75) is 38.8 Å². The van der Waals surface area contributed by atoms with Crippen molar-refractivity contribution in [2.75, 3.05) is 6.54 Å². The van der Waals surface area contributed by atoms with E-state index < -0.39 is 11.7 Å². The number of halogens is 3. The maximum atomic E-state index is 12.7. The summed E-state index contributed by atoms with van der Waals surface area (Å²) in [5.74, 6) is -0.105. The van der Waals surface area contributed by atoms with Crippen molar-refractivity contribution < 1.29 is 18.0 Å². The van der Waals surface area contributed by atoms with Gasteiger partial charge in [0.15, 0.2) is 0 Å². The molecule has 0 aromatic heterocycles. The number of amides is 1. The summed E-state index contributed by atoms with van der Waals surface area (Å²) in [6, 6.07) is 5.45. The molecule has 1 rings (SSSR count). The molecule has 0 heterocycles. The van der Waals surface area contributed by atoms with Crippen molar-refractivity contribution in [3.8, 4) is 0 Å². The minimum Gasteiger partial charge on any atom is -0.356 e. The second kappa shape index (κ2) is 7.16. The van der Waals surface area contributed by atoms with Crippen LogP contribution in [0.3, 0.4) is 0 Å². The van der Waals surface area contributed by atoms with Gasteiger partial charge in [-0.15, -0.1) is 0 Å². The van der Waals surface area contributed by atoms with Crippen molar-refractivity contribution in [2.24, 2.45) is 0 Å². The molecule has 1 aromatic rings. The van der Waals surface area contributed by atoms with Crippen molar-refractivity contribution in [3.05, 3.63) is 35.4 Å². The standard InChI is InChI=1S/C14H18F3NO/c1-2-3-8-13(19)18-10-9-11-6-4-5-7-12(11)14(15,16)17/h4-7H,2-3,8-10H2,1H3,(H,18,19). The van der Waals surface area contributed by atoms with Crippen molar-refractivity contribution in [3.63, 3.8) is 0 Å². The van der Waals surface area contributed by atoms with Gasteiger partial charge in [0, 0.05) is 13.0 Å². The summed E-state index contributed by atoms with van der Waals surface area (Å²) >= 11 is 0. The molecule has 0 saturated carbocycles. The molecular formula is C14H18F3NO. The average molecular weight is 273 g/mol. The molecule has 1 amide bonds. The van der Waals surface area contributed by atoms with Crippen LogP contribution in [0.4, 0.5) is 13.2 Å². The van der Waals surface area contributed by atoms with Crippen LogP contribution in [0.25, 0.3) is 0 Å². The average Bonchev–Trinajstić information content (AvgIpc) is 2.35. The fourth-order valence-corrected chi connectivity index (χ4v) is 1.78. The Morgan fingerprint density at radius 3 is 2.58 bits per heavy atom. The van der Waals surface area contributed by atoms with Gasteiger partial charge in [-0.05, 0) is 24.5 Å². The molecule has 0 radical (unpaired) electrons. The topological polar surface area (TPSA) is 29.1 Å². The maximum absolute atomic E-state index is 12.7. The van der Waals surface area contributed by atoms with E-state index in [-0.39, 0.29) is 24.4 Å². The molecule has 106 valence electrons. The first-order valence-electron chi connectivity index (χ1n) is 6.37. The molecule has 0 saturated heterocycles. The summed E-state index contributed by atoms with van der Waals surface area (Å²) in [7, 11) is 0. The lowest BCUT2D eigenvalue weighted by atomic mass is 10.0. The van der Waals surface area contributed by atoms with E-state index >= 15 is 0 Å². The Kier molecular flexibility index (Phi) is 5.86. The molecular weight excluding hydrogens is 255 g/mol. The highest BCUT2D eigenvalue weighted by Crippen LogP contribution is 2.31. The van der Waals surface area contributed by atoms with E-state index in [1.54, 1.807) is 6.07 Å². The number of rotatable bonds is 6. The lowest BCUT2D eigenvalue weighted by Crippen LogP contribution is -2.26. The number of alkyl halides is 3. The monoisotopic (exact) mass is 273 g/mol. The van der Waals surface area contributed by atoms with E-state index in [4.69, 9.17) is 0 Å². The molecule has 0 spiro atoms. The zero-order valence-corrected chi connectivity index (χ0v) is 10.9. The van der Waals surface area contributed by atoms with Crippen LogP contribution in [0.5, 0.6) is 0 Å². The van der Waals surface area contributed by atoms with E-state index in [1.807, 2.05) is 6.92 Å². The van der Waals surface area contributed by atoms with Crippen LogP contribution in [0, 0.1) is 0 Å². The Morgan fingerprint density at radius 1 is 1.26 bits per heavy atom. The largest absolute Gasteiger partial charge is 0.416 e. The van der Waals surface area contributed by atoms with Crippen molar-refractivity contribution in [1.82, 2.24) is 5.32 Å². The van der Waals surface area contributed by atoms with Crippen LogP contribution >= 0.6 is 0 Å². The van der Waals surface area contributed by atoms with Gasteiger partial charge < -0.3 is 5.32 Å². The second-order valence-corrected chi connectivity index (χ2v) is 4.36. The Balaban J connectivity index is 2.52. The summed E-state index contributed by atoms with van der Waals surface area (Å²) < 4.78 is 38.1. The molecule has 5 heteroatoms. The summed E-state index contributed by atoms with van der Waals surface area (Å²) in [6.07, 6.45) is -2.01. The molecule has 0 aliphatic rings. The number of benzene rings is 1. The predicted molar refractivity (Wildman–Crippen MR) is 67.7 cm³/mol. The number of carbonyl (C=O) groups is 1. The number of nitrogens with one attached hydrogen (secondary N) is 1. The molecule has 0 fully saturated rings. The quantitative estimate of drug-likeness (QED) is 0.843. The SMILES string of the molecule is CCCCC(=O)NCCc1ccccc1C(F)(F)F. The van der Waals surface area contributed by atoms with Gasteiger partial charge in [0.05, 0.1) is 5.56 Å². The first-order valence-corrected chi connectivity index (χ1v) is 6.37. The Labute approximate surface area is 111 Å². The van der Waals surface area contributed by atoms with E-state index in [0.29, 0.717) is 6.42 Å². The van der Waals surface area contributed by atoms with Crippen molar-refractivity contribution >= 4 is 5.91 Å². The van der Waals surface area contributed by atoms with E-state index in [0.717, 1.165) is 18.9 Å². The zero-order chi connectivity index (χ0) is 14.3. The highest BCUT2D eigenvalue weighted by atomic mass is 19.4. The number of carbonyl (C=O) groups excluding carboxylic acids is 1. The summed E-state index contributed by atoms with van der Waals surface area (Å²) in [5.41, 5.74) is -0.413. The predicted octanol–water partition coefficient (Wildman–Crippen LogP) is 3.55. The third-order valence-electron chi connectivity index (χ3n) is 2.80. The lowest BCUT2D eigenvalue weighted by molar-refractivity contribution is -0.138. The highest BCUT2D eigenvalue weighted by molar-refractivity contribution is 5.75. The fourth-order valence-electron chi connectivity index (χ4n) is 1.78. The molecule has 0 unspecified atom stereocenters. The number of hydrogen-bond acceptors (Lipinski definition) is 1. The van der Waals surface area contributed by atoms with E-state index in [2.05, 4.69) is 5.32 Å². The summed E-state index contributed by atoms with van der Waals surface area (Å²) in [5, 5.41) is 2.64. The van der Waals surface area contributed by atoms with Crippen LogP contribution in [0.2, 0.25) is 0 Å². The second-order valence-electron chi connectivity index (χ2n) is 4.36. The first kappa shape index (κ1) is 15.5. The molecule has 0 aliphatic heterocycles. The number of unbranched alkanes of at least 4 members (excludes halogenated alkanes) is 1. The van der Waals surface area contributed by atoms with Crippen LogP contribution in [0.15, 0.2) is 24.3 Å². The molecule has 1 N–H and O–H groups in total. The van der Waals surface area contributed by atoms with E-state index in [1.165, 1.54) is 12.1 Å². The first-order chi connectivity index (χ1) is 8.95. The molecule has 1 aromatic carbocycles. The van der Waals surface area contributed by atoms with Gasteiger partial charge in [-0.3, -0.25) is 4.79 Å². The third kappa shape index (κ3) is 5.32. The highest BCUT2D eigenvalue weighted by Gasteiger charge is 2.32. The van der Waals surface area contributed by atoms with E-state index in [9.17, 15) is 18.0 Å². The Bertz CT molecular complexity index is 415. The van der Waals surface area contributed by atoms with Crippen LogP contribution < -0.4 is 5.32 Å². The summed E-state index contributed by atoms with van der Waals surface area (Å²) in [4.78, 5) is 11.3. The normalized spacial score (nSPS) is 11.4. The van der Waals surface area contributed by atoms with Gasteiger partial charge in [0.1, 0.15) is 0 Å². The Hall–Kier alpha value is -1.52. The minimum absolute atomic E-state index is 0.105. The minimum atomic E-state index is -4.34. The van der Waals surface area contributed by atoms with Gasteiger partial charge >= 0.3 is 6.18 Å². The summed E-state index contributed by atoms with van der Waals surface area (Å²) in [6.45, 7) is 2.21. The smallest absolute Gasteiger partial charge is 0.356 e. The Morgan fingerprint density at radius 2 is 1.95 bits per heavy atom. The van der Waals surface area contributed by atoms with Gasteiger partial charge in [-0.2, -0.15) is 13.2 Å². The maximum Gasteiger partial charge on any atom is 0.416 e. The van der Waals surface area contributed by atoms with Crippen LogP contribution in [0.1, 0.15) is 37.3 Å². The number of hydrogen-bond donors (Lipinski definition) is 1. The fraction of sp³-hybridized carbons (Fsp3) is 0.500. The van der Waals surface area contributed by atoms with Gasteiger partial charge in [0.2, 0.25) is 5.91 Å². The van der Waals surface area contributed by atoms with Crippen molar-refractivity contribution in [1.29, 1.82) is 0 Å². The lowest BCUT2D eigenvalue weighted by Gasteiger charge is -2.12. The van der Waals surface area contributed by atoms with Gasteiger partial charge in [-0.1, -0.05) is 31.5 Å². The molecule has 0 aliphatic carbocycles. The molecule has 0 atom stereocenters. The molecule has 0 bridgehead atoms. The molecule has 19 heavy (non-hydrogen) atoms. The van der Waals surface area contributed by atoms with Gasteiger partial charge in [0.25, 0.3) is 0 Å². The third-order valence-corrected chi connectivity index (χ3v) is 2.80.